The fraction of sp³-hybridized carbons (Fsp3) is 0.107. The maximum absolute atomic E-state index is 7.29. The molecule has 0 saturated carbocycles. The predicted molar refractivity (Wildman–Crippen MR) is 242 cm³/mol. The van der Waals surface area contributed by atoms with E-state index in [0.717, 1.165) is 28.6 Å². The zero-order valence-electron chi connectivity index (χ0n) is 33.1. The lowest BCUT2D eigenvalue weighted by atomic mass is 9.81. The molecule has 2 nitrogen and oxygen atoms in total. The largest absolute Gasteiger partial charge is 0.453 e. The van der Waals surface area contributed by atoms with Crippen LogP contribution in [-0.4, -0.2) is 0 Å². The van der Waals surface area contributed by atoms with Crippen molar-refractivity contribution in [1.82, 2.24) is 0 Å². The molecule has 3 aliphatic rings. The third-order valence-electron chi connectivity index (χ3n) is 13.4. The van der Waals surface area contributed by atoms with Gasteiger partial charge in [0.25, 0.3) is 0 Å². The summed E-state index contributed by atoms with van der Waals surface area (Å²) >= 11 is 0. The van der Waals surface area contributed by atoms with Gasteiger partial charge in [0.05, 0.1) is 17.1 Å². The zero-order chi connectivity index (χ0) is 38.9. The number of ether oxygens (including phenoxy) is 1. The second kappa shape index (κ2) is 11.8. The fourth-order valence-electron chi connectivity index (χ4n) is 10.5. The van der Waals surface area contributed by atoms with E-state index in [1.165, 1.54) is 88.3 Å². The van der Waals surface area contributed by atoms with Crippen LogP contribution in [0, 0.1) is 0 Å². The second-order valence-corrected chi connectivity index (χ2v) is 17.3. The lowest BCUT2D eigenvalue weighted by molar-refractivity contribution is 0.473. The predicted octanol–water partition coefficient (Wildman–Crippen LogP) is 15.5. The van der Waals surface area contributed by atoms with Gasteiger partial charge in [-0.25, -0.2) is 0 Å². The minimum absolute atomic E-state index is 0.210. The molecular formula is C56H41NO. The van der Waals surface area contributed by atoms with E-state index in [-0.39, 0.29) is 10.8 Å². The molecule has 0 saturated heterocycles. The van der Waals surface area contributed by atoms with E-state index in [1.54, 1.807) is 0 Å². The summed E-state index contributed by atoms with van der Waals surface area (Å²) in [4.78, 5) is 2.53. The quantitative estimate of drug-likeness (QED) is 0.179. The first-order valence-electron chi connectivity index (χ1n) is 20.4. The molecule has 276 valence electrons. The Bertz CT molecular complexity index is 2980. The number of fused-ring (bicyclic) bond motifs is 12. The average molecular weight is 744 g/mol. The van der Waals surface area contributed by atoms with Gasteiger partial charge in [0.15, 0.2) is 11.5 Å². The van der Waals surface area contributed by atoms with E-state index >= 15 is 0 Å². The van der Waals surface area contributed by atoms with Gasteiger partial charge in [-0.05, 0) is 101 Å². The van der Waals surface area contributed by atoms with Crippen LogP contribution in [-0.2, 0) is 10.8 Å². The highest BCUT2D eigenvalue weighted by molar-refractivity contribution is 6.08. The molecule has 0 N–H and O–H groups in total. The van der Waals surface area contributed by atoms with Crippen molar-refractivity contribution in [2.24, 2.45) is 0 Å². The molecule has 0 spiro atoms. The topological polar surface area (TPSA) is 12.5 Å². The van der Waals surface area contributed by atoms with Crippen LogP contribution >= 0.6 is 0 Å². The van der Waals surface area contributed by atoms with Crippen LogP contribution < -0.4 is 9.64 Å². The summed E-state index contributed by atoms with van der Waals surface area (Å²) in [5, 5.41) is 5.08. The van der Waals surface area contributed by atoms with E-state index in [9.17, 15) is 0 Å². The van der Waals surface area contributed by atoms with Crippen LogP contribution in [0.5, 0.6) is 11.5 Å². The van der Waals surface area contributed by atoms with Gasteiger partial charge in [0.1, 0.15) is 0 Å². The third kappa shape index (κ3) is 4.49. The fourth-order valence-corrected chi connectivity index (χ4v) is 10.5. The number of hydrogen-bond acceptors (Lipinski definition) is 2. The minimum Gasteiger partial charge on any atom is -0.453 e. The molecule has 0 unspecified atom stereocenters. The molecule has 0 aromatic heterocycles. The van der Waals surface area contributed by atoms with E-state index < -0.39 is 0 Å². The molecule has 2 heteroatoms. The summed E-state index contributed by atoms with van der Waals surface area (Å²) in [6, 6.07) is 65.0. The summed E-state index contributed by atoms with van der Waals surface area (Å²) in [5.74, 6) is 1.74. The summed E-state index contributed by atoms with van der Waals surface area (Å²) in [6.45, 7) is 9.45. The smallest absolute Gasteiger partial charge is 0.151 e. The maximum atomic E-state index is 7.29. The van der Waals surface area contributed by atoms with Gasteiger partial charge in [0.2, 0.25) is 0 Å². The first-order chi connectivity index (χ1) is 28.3. The van der Waals surface area contributed by atoms with Gasteiger partial charge in [-0.2, -0.15) is 0 Å². The van der Waals surface area contributed by atoms with Crippen LogP contribution in [0.2, 0.25) is 0 Å². The van der Waals surface area contributed by atoms with Crippen LogP contribution in [0.1, 0.15) is 49.9 Å². The molecule has 2 aliphatic carbocycles. The Labute approximate surface area is 339 Å². The van der Waals surface area contributed by atoms with Gasteiger partial charge in [-0.15, -0.1) is 0 Å². The van der Waals surface area contributed by atoms with E-state index in [1.807, 2.05) is 0 Å². The SMILES string of the molecule is CC1(C)c2cc3c(cc2-c2c1ccc1ccccc21)N(c1c(-c2ccccc2)cccc1-c1ccccc1)c1cc2c(cc1O3)C(C)(C)c1ccc3ccccc3c1-2. The van der Waals surface area contributed by atoms with Gasteiger partial charge >= 0.3 is 0 Å². The standard InChI is InChI=1S/C56H41NO/c1-55(2)44-28-26-36-20-11-13-22-38(36)52(44)42-30-48-50(32-46(42)55)58-51-33-47-43(53-39-23-14-12-21-37(39)27-29-45(53)56(47,3)4)31-49(51)57(48)54-40(34-16-7-5-8-17-34)24-15-25-41(54)35-18-9-6-10-19-35/h5-33H,1-4H3. The molecule has 0 atom stereocenters. The maximum Gasteiger partial charge on any atom is 0.151 e. The Kier molecular flexibility index (Phi) is 6.78. The second-order valence-electron chi connectivity index (χ2n) is 17.3. The van der Waals surface area contributed by atoms with E-state index in [2.05, 4.69) is 209 Å². The minimum atomic E-state index is -0.210. The van der Waals surface area contributed by atoms with Crippen LogP contribution in [0.4, 0.5) is 17.1 Å². The Morgan fingerprint density at radius 3 is 1.28 bits per heavy atom. The molecule has 0 fully saturated rings. The molecule has 0 amide bonds. The highest BCUT2D eigenvalue weighted by atomic mass is 16.5. The third-order valence-corrected chi connectivity index (χ3v) is 13.4. The van der Waals surface area contributed by atoms with E-state index in [0.29, 0.717) is 0 Å². The number of benzene rings is 9. The van der Waals surface area contributed by atoms with Crippen LogP contribution in [0.15, 0.2) is 176 Å². The van der Waals surface area contributed by atoms with Crippen molar-refractivity contribution in [3.8, 4) is 56.0 Å². The molecule has 0 bridgehead atoms. The van der Waals surface area contributed by atoms with Crippen molar-refractivity contribution >= 4 is 38.6 Å². The summed E-state index contributed by atoms with van der Waals surface area (Å²) in [6.07, 6.45) is 0. The molecule has 9 aromatic rings. The molecule has 9 aromatic carbocycles. The van der Waals surface area contributed by atoms with E-state index in [4.69, 9.17) is 4.74 Å². The molecule has 0 radical (unpaired) electrons. The van der Waals surface area contributed by atoms with Crippen LogP contribution in [0.25, 0.3) is 66.1 Å². The van der Waals surface area contributed by atoms with Gasteiger partial charge < -0.3 is 9.64 Å². The molecule has 1 heterocycles. The molecule has 58 heavy (non-hydrogen) atoms. The monoisotopic (exact) mass is 743 g/mol. The van der Waals surface area contributed by atoms with Gasteiger partial charge in [-0.3, -0.25) is 0 Å². The average Bonchev–Trinajstić information content (AvgIpc) is 3.63. The van der Waals surface area contributed by atoms with Crippen molar-refractivity contribution in [2.75, 3.05) is 4.90 Å². The number of nitrogens with zero attached hydrogens (tertiary/aromatic N) is 1. The lowest BCUT2D eigenvalue weighted by Crippen LogP contribution is -2.20. The molecule has 1 aliphatic heterocycles. The van der Waals surface area contributed by atoms with Gasteiger partial charge in [0, 0.05) is 22.0 Å². The first kappa shape index (κ1) is 33.3. The normalized spacial score (nSPS) is 14.9. The Balaban J connectivity index is 1.21. The lowest BCUT2D eigenvalue weighted by Gasteiger charge is -2.37. The molecule has 12 rings (SSSR count). The number of anilines is 3. The summed E-state index contributed by atoms with van der Waals surface area (Å²) in [5.41, 5.74) is 17.9. The van der Waals surface area contributed by atoms with Crippen molar-refractivity contribution in [1.29, 1.82) is 0 Å². The van der Waals surface area contributed by atoms with Crippen LogP contribution in [0.3, 0.4) is 0 Å². The number of hydrogen-bond donors (Lipinski definition) is 0. The Hall–Kier alpha value is -6.90. The highest BCUT2D eigenvalue weighted by Gasteiger charge is 2.43. The number of rotatable bonds is 3. The van der Waals surface area contributed by atoms with Gasteiger partial charge in [-0.1, -0.05) is 179 Å². The summed E-state index contributed by atoms with van der Waals surface area (Å²) in [7, 11) is 0. The number of para-hydroxylation sites is 1. The Morgan fingerprint density at radius 2 is 0.810 bits per heavy atom. The Morgan fingerprint density at radius 1 is 0.379 bits per heavy atom. The van der Waals surface area contributed by atoms with Crippen molar-refractivity contribution in [3.05, 3.63) is 198 Å². The molecular weight excluding hydrogens is 703 g/mol. The first-order valence-corrected chi connectivity index (χ1v) is 20.4. The zero-order valence-corrected chi connectivity index (χ0v) is 33.1. The highest BCUT2D eigenvalue weighted by Crippen LogP contribution is 2.62. The van der Waals surface area contributed by atoms with Crippen molar-refractivity contribution in [2.45, 2.75) is 38.5 Å². The van der Waals surface area contributed by atoms with Crippen molar-refractivity contribution < 1.29 is 4.74 Å². The van der Waals surface area contributed by atoms with Crippen molar-refractivity contribution in [3.63, 3.8) is 0 Å². The summed E-state index contributed by atoms with van der Waals surface area (Å²) < 4.78 is 7.29.